The minimum absolute atomic E-state index is 0.341. The number of para-hydroxylation sites is 1. The molecule has 0 saturated heterocycles. The molecule has 0 saturated carbocycles. The van der Waals surface area contributed by atoms with Crippen LogP contribution in [0.1, 0.15) is 6.92 Å². The van der Waals surface area contributed by atoms with Crippen molar-refractivity contribution in [2.24, 2.45) is 10.7 Å². The molecule has 1 heterocycles. The van der Waals surface area contributed by atoms with Crippen LogP contribution in [-0.4, -0.2) is 12.5 Å². The molecule has 4 rings (SSSR count). The summed E-state index contributed by atoms with van der Waals surface area (Å²) < 4.78 is 5.35. The van der Waals surface area contributed by atoms with Crippen LogP contribution in [0, 0.1) is 0 Å². The number of anilines is 1. The van der Waals surface area contributed by atoms with E-state index in [0.717, 1.165) is 21.8 Å². The van der Waals surface area contributed by atoms with Crippen LogP contribution in [0.5, 0.6) is 0 Å². The summed E-state index contributed by atoms with van der Waals surface area (Å²) in [6.07, 6.45) is 0. The van der Waals surface area contributed by atoms with E-state index in [1.165, 1.54) is 6.07 Å². The number of rotatable bonds is 3. The van der Waals surface area contributed by atoms with Gasteiger partial charge >= 0.3 is 5.63 Å². The lowest BCUT2D eigenvalue weighted by molar-refractivity contribution is 0.561. The van der Waals surface area contributed by atoms with Gasteiger partial charge in [0.15, 0.2) is 5.58 Å². The summed E-state index contributed by atoms with van der Waals surface area (Å²) in [4.78, 5) is 18.1. The first kappa shape index (κ1) is 16.8. The topological polar surface area (TPSA) is 71.8 Å². The molecule has 3 aromatic carbocycles. The van der Waals surface area contributed by atoms with Gasteiger partial charge in [0.05, 0.1) is 5.69 Å². The molecule has 0 atom stereocenters. The van der Waals surface area contributed by atoms with E-state index in [-0.39, 0.29) is 0 Å². The second kappa shape index (κ2) is 6.96. The number of guanidine groups is 1. The van der Waals surface area contributed by atoms with E-state index >= 15 is 0 Å². The maximum atomic E-state index is 11.6. The van der Waals surface area contributed by atoms with Crippen molar-refractivity contribution >= 4 is 39.1 Å². The molecule has 4 aromatic rings. The molecule has 0 aliphatic carbocycles. The quantitative estimate of drug-likeness (QED) is 0.335. The van der Waals surface area contributed by atoms with Gasteiger partial charge in [0.25, 0.3) is 0 Å². The predicted molar refractivity (Wildman–Crippen MR) is 111 cm³/mol. The molecule has 2 N–H and O–H groups in total. The maximum absolute atomic E-state index is 11.6. The summed E-state index contributed by atoms with van der Waals surface area (Å²) in [5.41, 5.74) is 7.90. The molecule has 27 heavy (non-hydrogen) atoms. The summed E-state index contributed by atoms with van der Waals surface area (Å²) in [7, 11) is 0. The van der Waals surface area contributed by atoms with Gasteiger partial charge in [0.1, 0.15) is 5.69 Å². The Morgan fingerprint density at radius 2 is 1.70 bits per heavy atom. The summed E-state index contributed by atoms with van der Waals surface area (Å²) in [5.74, 6) is 0.341. The number of nitrogens with two attached hydrogens (primary N) is 1. The van der Waals surface area contributed by atoms with Crippen LogP contribution in [0.2, 0.25) is 0 Å². The van der Waals surface area contributed by atoms with Crippen molar-refractivity contribution in [3.05, 3.63) is 83.2 Å². The first-order chi connectivity index (χ1) is 13.2. The number of benzene rings is 3. The Kier molecular flexibility index (Phi) is 4.34. The van der Waals surface area contributed by atoms with Gasteiger partial charge < -0.3 is 15.1 Å². The Bertz CT molecular complexity index is 1210. The first-order valence-corrected chi connectivity index (χ1v) is 8.79. The second-order valence-corrected chi connectivity index (χ2v) is 6.16. The minimum atomic E-state index is -0.412. The molecule has 1 aromatic heterocycles. The molecule has 0 aliphatic heterocycles. The molecule has 0 aliphatic rings. The maximum Gasteiger partial charge on any atom is 0.336 e. The van der Waals surface area contributed by atoms with Gasteiger partial charge in [0.2, 0.25) is 5.96 Å². The standard InChI is InChI=1S/C22H19N3O2/c1-2-25(19-12-6-8-15-7-3-4-10-17(15)19)22(23)24-18-11-5-9-16-13-14-20(26)27-21(16)18/h3-14H,2H2,1H3,(H2,23,24). The van der Waals surface area contributed by atoms with Gasteiger partial charge in [-0.3, -0.25) is 0 Å². The van der Waals surface area contributed by atoms with Crippen molar-refractivity contribution in [3.8, 4) is 0 Å². The molecule has 0 bridgehead atoms. The molecular weight excluding hydrogens is 338 g/mol. The van der Waals surface area contributed by atoms with Crippen molar-refractivity contribution in [2.75, 3.05) is 11.4 Å². The zero-order valence-electron chi connectivity index (χ0n) is 14.9. The van der Waals surface area contributed by atoms with E-state index < -0.39 is 5.63 Å². The Hall–Kier alpha value is -3.60. The van der Waals surface area contributed by atoms with E-state index in [9.17, 15) is 4.79 Å². The fourth-order valence-corrected chi connectivity index (χ4v) is 3.25. The molecule has 5 nitrogen and oxygen atoms in total. The zero-order valence-corrected chi connectivity index (χ0v) is 14.9. The highest BCUT2D eigenvalue weighted by molar-refractivity contribution is 6.05. The average molecular weight is 357 g/mol. The lowest BCUT2D eigenvalue weighted by atomic mass is 10.1. The third-order valence-corrected chi connectivity index (χ3v) is 4.51. The molecule has 0 fully saturated rings. The summed E-state index contributed by atoms with van der Waals surface area (Å²) in [5, 5.41) is 3.04. The normalized spacial score (nSPS) is 11.8. The molecule has 134 valence electrons. The van der Waals surface area contributed by atoms with Crippen molar-refractivity contribution in [3.63, 3.8) is 0 Å². The van der Waals surface area contributed by atoms with Crippen LogP contribution in [-0.2, 0) is 0 Å². The van der Waals surface area contributed by atoms with E-state index in [1.54, 1.807) is 12.1 Å². The lowest BCUT2D eigenvalue weighted by Gasteiger charge is -2.23. The first-order valence-electron chi connectivity index (χ1n) is 8.79. The fourth-order valence-electron chi connectivity index (χ4n) is 3.25. The van der Waals surface area contributed by atoms with Gasteiger partial charge in [-0.15, -0.1) is 0 Å². The van der Waals surface area contributed by atoms with Crippen LogP contribution < -0.4 is 16.3 Å². The van der Waals surface area contributed by atoms with Crippen molar-refractivity contribution in [2.45, 2.75) is 6.92 Å². The van der Waals surface area contributed by atoms with Crippen LogP contribution in [0.3, 0.4) is 0 Å². The van der Waals surface area contributed by atoms with Gasteiger partial charge in [0, 0.05) is 23.4 Å². The van der Waals surface area contributed by atoms with Crippen LogP contribution in [0.15, 0.2) is 87.0 Å². The fraction of sp³-hybridized carbons (Fsp3) is 0.0909. The van der Waals surface area contributed by atoms with Crippen molar-refractivity contribution in [1.82, 2.24) is 0 Å². The third-order valence-electron chi connectivity index (χ3n) is 4.51. The Labute approximate surface area is 156 Å². The average Bonchev–Trinajstić information content (AvgIpc) is 2.69. The summed E-state index contributed by atoms with van der Waals surface area (Å²) >= 11 is 0. The van der Waals surface area contributed by atoms with Crippen LogP contribution in [0.4, 0.5) is 11.4 Å². The summed E-state index contributed by atoms with van der Waals surface area (Å²) in [6.45, 7) is 2.67. The van der Waals surface area contributed by atoms with Gasteiger partial charge in [-0.25, -0.2) is 9.79 Å². The largest absolute Gasteiger partial charge is 0.420 e. The highest BCUT2D eigenvalue weighted by atomic mass is 16.4. The number of hydrogen-bond donors (Lipinski definition) is 1. The number of nitrogens with zero attached hydrogens (tertiary/aromatic N) is 2. The third kappa shape index (κ3) is 3.15. The molecule has 0 spiro atoms. The van der Waals surface area contributed by atoms with Crippen LogP contribution in [0.25, 0.3) is 21.7 Å². The van der Waals surface area contributed by atoms with E-state index in [0.29, 0.717) is 23.8 Å². The second-order valence-electron chi connectivity index (χ2n) is 6.16. The Morgan fingerprint density at radius 3 is 2.56 bits per heavy atom. The number of fused-ring (bicyclic) bond motifs is 2. The van der Waals surface area contributed by atoms with Crippen molar-refractivity contribution in [1.29, 1.82) is 0 Å². The van der Waals surface area contributed by atoms with E-state index in [2.05, 4.69) is 23.2 Å². The van der Waals surface area contributed by atoms with Crippen molar-refractivity contribution < 1.29 is 4.42 Å². The molecule has 0 unspecified atom stereocenters. The minimum Gasteiger partial charge on any atom is -0.420 e. The summed E-state index contributed by atoms with van der Waals surface area (Å²) in [6, 6.07) is 22.9. The lowest BCUT2D eigenvalue weighted by Crippen LogP contribution is -2.37. The van der Waals surface area contributed by atoms with E-state index in [4.69, 9.17) is 10.2 Å². The smallest absolute Gasteiger partial charge is 0.336 e. The number of aliphatic imine (C=N–C) groups is 1. The molecular formula is C22H19N3O2. The molecule has 0 amide bonds. The number of hydrogen-bond acceptors (Lipinski definition) is 3. The zero-order chi connectivity index (χ0) is 18.8. The molecule has 0 radical (unpaired) electrons. The Morgan fingerprint density at radius 1 is 0.963 bits per heavy atom. The van der Waals surface area contributed by atoms with Gasteiger partial charge in [-0.05, 0) is 30.5 Å². The highest BCUT2D eigenvalue weighted by Gasteiger charge is 2.13. The highest BCUT2D eigenvalue weighted by Crippen LogP contribution is 2.28. The van der Waals surface area contributed by atoms with Gasteiger partial charge in [-0.1, -0.05) is 48.5 Å². The van der Waals surface area contributed by atoms with Crippen LogP contribution >= 0.6 is 0 Å². The Balaban J connectivity index is 1.84. The SMILES string of the molecule is CCN(C(N)=Nc1cccc2ccc(=O)oc12)c1cccc2ccccc12. The monoisotopic (exact) mass is 357 g/mol. The predicted octanol–water partition coefficient (Wildman–Crippen LogP) is 4.42. The molecule has 5 heteroatoms. The van der Waals surface area contributed by atoms with E-state index in [1.807, 2.05) is 48.2 Å². The van der Waals surface area contributed by atoms with Gasteiger partial charge in [-0.2, -0.15) is 0 Å².